The minimum Gasteiger partial charge on any atom is -0.489 e. The number of benzene rings is 1. The summed E-state index contributed by atoms with van der Waals surface area (Å²) in [5.74, 6) is -0.708. The van der Waals surface area contributed by atoms with Crippen LogP contribution in [0.1, 0.15) is 25.7 Å². The molecule has 0 aliphatic heterocycles. The Morgan fingerprint density at radius 2 is 1.94 bits per heavy atom. The molecule has 1 saturated carbocycles. The van der Waals surface area contributed by atoms with Crippen LogP contribution in [-0.4, -0.2) is 43.6 Å². The second kappa shape index (κ2) is 9.07. The van der Waals surface area contributed by atoms with Crippen molar-refractivity contribution in [2.24, 2.45) is 5.92 Å². The Bertz CT molecular complexity index is 1050. The van der Waals surface area contributed by atoms with Gasteiger partial charge in [0.25, 0.3) is 0 Å². The number of amides is 1. The molecule has 10 heteroatoms. The van der Waals surface area contributed by atoms with Crippen LogP contribution in [-0.2, 0) is 0 Å². The van der Waals surface area contributed by atoms with E-state index in [0.29, 0.717) is 23.6 Å². The van der Waals surface area contributed by atoms with Crippen molar-refractivity contribution in [2.45, 2.75) is 31.7 Å². The molecule has 0 spiro atoms. The lowest BCUT2D eigenvalue weighted by atomic mass is 9.86. The van der Waals surface area contributed by atoms with Gasteiger partial charge in [-0.05, 0) is 43.7 Å². The molecular formula is C21H21F2N5O3. The lowest BCUT2D eigenvalue weighted by molar-refractivity contribution is 0.169. The van der Waals surface area contributed by atoms with Crippen molar-refractivity contribution in [1.29, 1.82) is 0 Å². The number of nitrogens with zero attached hydrogens (tertiary/aromatic N) is 4. The number of rotatable bonds is 6. The molecule has 0 radical (unpaired) electrons. The molecule has 0 saturated heterocycles. The van der Waals surface area contributed by atoms with Gasteiger partial charge < -0.3 is 15.2 Å². The van der Waals surface area contributed by atoms with E-state index in [1.165, 1.54) is 36.9 Å². The topological polar surface area (TPSA) is 102 Å². The first kappa shape index (κ1) is 20.7. The summed E-state index contributed by atoms with van der Waals surface area (Å²) in [5, 5.41) is 15.4. The Balaban J connectivity index is 1.45. The number of hydrogen-bond donors (Lipinski definition) is 2. The lowest BCUT2D eigenvalue weighted by Crippen LogP contribution is -2.37. The molecule has 0 atom stereocenters. The predicted molar refractivity (Wildman–Crippen MR) is 107 cm³/mol. The third-order valence-corrected chi connectivity index (χ3v) is 5.35. The Morgan fingerprint density at radius 3 is 2.65 bits per heavy atom. The Morgan fingerprint density at radius 1 is 1.19 bits per heavy atom. The first-order chi connectivity index (χ1) is 15.0. The summed E-state index contributed by atoms with van der Waals surface area (Å²) in [5.41, 5.74) is 0.741. The Hall–Kier alpha value is -3.56. The summed E-state index contributed by atoms with van der Waals surface area (Å²) in [4.78, 5) is 19.0. The van der Waals surface area contributed by atoms with Crippen LogP contribution in [0.3, 0.4) is 0 Å². The van der Waals surface area contributed by atoms with Gasteiger partial charge in [-0.3, -0.25) is 0 Å². The van der Waals surface area contributed by atoms with Crippen LogP contribution in [0.4, 0.5) is 13.6 Å². The zero-order valence-corrected chi connectivity index (χ0v) is 16.5. The number of halogens is 2. The average Bonchev–Trinajstić information content (AvgIpc) is 3.22. The van der Waals surface area contributed by atoms with E-state index in [2.05, 4.69) is 20.4 Å². The van der Waals surface area contributed by atoms with E-state index in [1.54, 1.807) is 6.20 Å². The van der Waals surface area contributed by atoms with Crippen LogP contribution in [0, 0.1) is 17.6 Å². The summed E-state index contributed by atoms with van der Waals surface area (Å²) in [6, 6.07) is 3.61. The molecule has 2 aromatic heterocycles. The van der Waals surface area contributed by atoms with Crippen molar-refractivity contribution in [3.8, 4) is 22.7 Å². The van der Waals surface area contributed by atoms with E-state index < -0.39 is 17.7 Å². The molecule has 3 aromatic rings. The normalized spacial score (nSPS) is 18.5. The van der Waals surface area contributed by atoms with Crippen LogP contribution in [0.15, 0.2) is 43.1 Å². The second-order valence-electron chi connectivity index (χ2n) is 7.46. The molecule has 8 nitrogen and oxygen atoms in total. The van der Waals surface area contributed by atoms with Crippen LogP contribution in [0.2, 0.25) is 0 Å². The molecule has 0 unspecified atom stereocenters. The molecule has 2 N–H and O–H groups in total. The highest BCUT2D eigenvalue weighted by Crippen LogP contribution is 2.30. The Kier molecular flexibility index (Phi) is 6.06. The minimum absolute atomic E-state index is 0.0195. The molecule has 162 valence electrons. The van der Waals surface area contributed by atoms with E-state index in [-0.39, 0.29) is 17.6 Å². The molecular weight excluding hydrogens is 408 g/mol. The molecule has 0 bridgehead atoms. The number of aromatic nitrogens is 4. The number of para-hydroxylation sites is 1. The van der Waals surface area contributed by atoms with Gasteiger partial charge in [0, 0.05) is 17.8 Å². The first-order valence-corrected chi connectivity index (χ1v) is 9.93. The number of ether oxygens (including phenoxy) is 1. The van der Waals surface area contributed by atoms with Gasteiger partial charge in [-0.25, -0.2) is 28.2 Å². The van der Waals surface area contributed by atoms with Gasteiger partial charge in [-0.15, -0.1) is 0 Å². The summed E-state index contributed by atoms with van der Waals surface area (Å²) in [6.07, 6.45) is 8.08. The van der Waals surface area contributed by atoms with Crippen LogP contribution in [0.5, 0.6) is 5.75 Å². The van der Waals surface area contributed by atoms with Crippen molar-refractivity contribution < 1.29 is 23.4 Å². The van der Waals surface area contributed by atoms with E-state index in [4.69, 9.17) is 9.84 Å². The zero-order valence-electron chi connectivity index (χ0n) is 16.5. The molecule has 1 amide bonds. The molecule has 1 fully saturated rings. The van der Waals surface area contributed by atoms with Crippen LogP contribution < -0.4 is 10.1 Å². The smallest absolute Gasteiger partial charge is 0.404 e. The van der Waals surface area contributed by atoms with Gasteiger partial charge in [-0.2, -0.15) is 5.10 Å². The lowest BCUT2D eigenvalue weighted by Gasteiger charge is -2.28. The van der Waals surface area contributed by atoms with Crippen molar-refractivity contribution in [2.75, 3.05) is 6.61 Å². The monoisotopic (exact) mass is 429 g/mol. The maximum Gasteiger partial charge on any atom is 0.404 e. The van der Waals surface area contributed by atoms with Gasteiger partial charge in [0.15, 0.2) is 17.4 Å². The van der Waals surface area contributed by atoms with Crippen molar-refractivity contribution in [3.05, 3.63) is 54.8 Å². The molecule has 1 aliphatic carbocycles. The SMILES string of the molecule is O=C(O)NC1CCC(COc2cncnc2-c2cnn(-c3c(F)cccc3F)c2)CC1. The number of carbonyl (C=O) groups is 1. The third kappa shape index (κ3) is 4.79. The average molecular weight is 429 g/mol. The fraction of sp³-hybridized carbons (Fsp3) is 0.333. The fourth-order valence-corrected chi connectivity index (χ4v) is 3.77. The Labute approximate surface area is 176 Å². The van der Waals surface area contributed by atoms with Gasteiger partial charge >= 0.3 is 6.09 Å². The third-order valence-electron chi connectivity index (χ3n) is 5.35. The van der Waals surface area contributed by atoms with Crippen molar-refractivity contribution in [1.82, 2.24) is 25.1 Å². The number of nitrogens with one attached hydrogen (secondary N) is 1. The van der Waals surface area contributed by atoms with E-state index in [1.807, 2.05) is 0 Å². The summed E-state index contributed by atoms with van der Waals surface area (Å²) < 4.78 is 35.2. The van der Waals surface area contributed by atoms with E-state index >= 15 is 0 Å². The van der Waals surface area contributed by atoms with Crippen molar-refractivity contribution in [3.63, 3.8) is 0 Å². The van der Waals surface area contributed by atoms with Gasteiger partial charge in [0.2, 0.25) is 0 Å². The minimum atomic E-state index is -0.999. The van der Waals surface area contributed by atoms with Crippen LogP contribution >= 0.6 is 0 Å². The van der Waals surface area contributed by atoms with Gasteiger partial charge in [0.05, 0.1) is 19.0 Å². The fourth-order valence-electron chi connectivity index (χ4n) is 3.77. The maximum atomic E-state index is 14.1. The highest BCUT2D eigenvalue weighted by molar-refractivity contribution is 5.65. The van der Waals surface area contributed by atoms with Crippen molar-refractivity contribution >= 4 is 6.09 Å². The first-order valence-electron chi connectivity index (χ1n) is 9.93. The van der Waals surface area contributed by atoms with Crippen LogP contribution in [0.25, 0.3) is 16.9 Å². The zero-order chi connectivity index (χ0) is 21.8. The predicted octanol–water partition coefficient (Wildman–Crippen LogP) is 3.81. The summed E-state index contributed by atoms with van der Waals surface area (Å²) in [6.45, 7) is 0.441. The molecule has 2 heterocycles. The van der Waals surface area contributed by atoms with E-state index in [0.717, 1.165) is 30.4 Å². The maximum absolute atomic E-state index is 14.1. The molecule has 1 aliphatic rings. The van der Waals surface area contributed by atoms with Gasteiger partial charge in [-0.1, -0.05) is 6.07 Å². The van der Waals surface area contributed by atoms with Gasteiger partial charge in [0.1, 0.15) is 17.7 Å². The largest absolute Gasteiger partial charge is 0.489 e. The summed E-state index contributed by atoms with van der Waals surface area (Å²) >= 11 is 0. The van der Waals surface area contributed by atoms with E-state index in [9.17, 15) is 13.6 Å². The number of carboxylic acid groups (broad SMARTS) is 1. The molecule has 4 rings (SSSR count). The quantitative estimate of drug-likeness (QED) is 0.618. The molecule has 31 heavy (non-hydrogen) atoms. The standard InChI is InChI=1S/C21H21F2N5O3/c22-16-2-1-3-17(23)20(16)28-10-14(8-26-28)19-18(9-24-12-25-19)31-11-13-4-6-15(7-5-13)27-21(29)30/h1-3,8-10,12-13,15,27H,4-7,11H2,(H,29,30). The highest BCUT2D eigenvalue weighted by atomic mass is 19.1. The highest BCUT2D eigenvalue weighted by Gasteiger charge is 2.23. The second-order valence-corrected chi connectivity index (χ2v) is 7.46. The molecule has 1 aromatic carbocycles. The number of hydrogen-bond acceptors (Lipinski definition) is 5. The summed E-state index contributed by atoms with van der Waals surface area (Å²) in [7, 11) is 0.